The molecule has 2 N–H and O–H groups in total. The van der Waals surface area contributed by atoms with Crippen molar-refractivity contribution in [1.29, 1.82) is 0 Å². The van der Waals surface area contributed by atoms with E-state index in [-0.39, 0.29) is 18.4 Å². The monoisotopic (exact) mass is 352 g/mol. The molecule has 0 aliphatic carbocycles. The van der Waals surface area contributed by atoms with Gasteiger partial charge in [-0.1, -0.05) is 5.16 Å². The Morgan fingerprint density at radius 3 is 2.96 bits per heavy atom. The highest BCUT2D eigenvalue weighted by atomic mass is 16.5. The van der Waals surface area contributed by atoms with E-state index in [1.807, 2.05) is 4.90 Å². The Balaban J connectivity index is 1.48. The Bertz CT molecular complexity index is 982. The van der Waals surface area contributed by atoms with Gasteiger partial charge in [-0.3, -0.25) is 9.59 Å². The number of carbonyl (C=O) groups excluding carboxylic acids is 2. The summed E-state index contributed by atoms with van der Waals surface area (Å²) in [6.45, 7) is 3.37. The Labute approximate surface area is 148 Å². The van der Waals surface area contributed by atoms with E-state index in [4.69, 9.17) is 4.52 Å². The van der Waals surface area contributed by atoms with Crippen LogP contribution in [0.2, 0.25) is 0 Å². The molecular weight excluding hydrogens is 336 g/mol. The minimum absolute atomic E-state index is 0.0256. The molecule has 3 aromatic heterocycles. The van der Waals surface area contributed by atoms with Crippen LogP contribution in [0.4, 0.5) is 11.5 Å². The maximum Gasteiger partial charge on any atom is 0.257 e. The molecule has 1 aliphatic heterocycles. The van der Waals surface area contributed by atoms with Crippen LogP contribution in [0.3, 0.4) is 0 Å². The number of carbonyl (C=O) groups is 2. The van der Waals surface area contributed by atoms with Crippen molar-refractivity contribution in [2.75, 3.05) is 29.9 Å². The second-order valence-electron chi connectivity index (χ2n) is 5.98. The molecule has 0 radical (unpaired) electrons. The molecule has 0 bridgehead atoms. The van der Waals surface area contributed by atoms with Gasteiger partial charge in [-0.25, -0.2) is 9.97 Å². The molecular formula is C17H16N6O3. The van der Waals surface area contributed by atoms with Gasteiger partial charge in [-0.05, 0) is 25.1 Å². The molecule has 1 aliphatic rings. The van der Waals surface area contributed by atoms with Gasteiger partial charge in [0, 0.05) is 19.3 Å². The minimum atomic E-state index is -0.299. The van der Waals surface area contributed by atoms with Crippen molar-refractivity contribution in [3.63, 3.8) is 0 Å². The Hall–Kier alpha value is -3.49. The van der Waals surface area contributed by atoms with E-state index in [1.54, 1.807) is 31.3 Å². The number of anilines is 2. The molecule has 1 saturated heterocycles. The third-order valence-electron chi connectivity index (χ3n) is 4.14. The highest BCUT2D eigenvalue weighted by molar-refractivity contribution is 6.05. The first kappa shape index (κ1) is 16.0. The fourth-order valence-electron chi connectivity index (χ4n) is 2.75. The van der Waals surface area contributed by atoms with E-state index in [0.717, 1.165) is 0 Å². The lowest BCUT2D eigenvalue weighted by molar-refractivity contribution is -0.120. The summed E-state index contributed by atoms with van der Waals surface area (Å²) in [7, 11) is 0. The molecule has 4 rings (SSSR count). The maximum absolute atomic E-state index is 12.4. The summed E-state index contributed by atoms with van der Waals surface area (Å²) in [5.74, 6) is 0.371. The number of aryl methyl sites for hydroxylation is 1. The molecule has 4 heterocycles. The number of amides is 2. The molecule has 1 fully saturated rings. The average molecular weight is 352 g/mol. The van der Waals surface area contributed by atoms with Crippen LogP contribution >= 0.6 is 0 Å². The Morgan fingerprint density at radius 2 is 2.19 bits per heavy atom. The third-order valence-corrected chi connectivity index (χ3v) is 4.14. The number of hydrogen-bond donors (Lipinski definition) is 2. The van der Waals surface area contributed by atoms with E-state index in [0.29, 0.717) is 47.0 Å². The van der Waals surface area contributed by atoms with Gasteiger partial charge in [0.05, 0.1) is 35.1 Å². The van der Waals surface area contributed by atoms with Crippen molar-refractivity contribution in [2.45, 2.75) is 6.92 Å². The first-order valence-electron chi connectivity index (χ1n) is 8.11. The van der Waals surface area contributed by atoms with Crippen LogP contribution in [0, 0.1) is 6.92 Å². The maximum atomic E-state index is 12.4. The molecule has 0 atom stereocenters. The van der Waals surface area contributed by atoms with E-state index in [2.05, 4.69) is 25.8 Å². The van der Waals surface area contributed by atoms with Crippen molar-refractivity contribution in [3.8, 4) is 0 Å². The van der Waals surface area contributed by atoms with Crippen molar-refractivity contribution in [1.82, 2.24) is 20.4 Å². The van der Waals surface area contributed by atoms with Crippen molar-refractivity contribution in [3.05, 3.63) is 41.9 Å². The van der Waals surface area contributed by atoms with Gasteiger partial charge in [0.2, 0.25) is 5.91 Å². The largest absolute Gasteiger partial charge is 0.353 e. The van der Waals surface area contributed by atoms with E-state index >= 15 is 0 Å². The zero-order valence-electron chi connectivity index (χ0n) is 14.0. The zero-order valence-corrected chi connectivity index (χ0v) is 14.0. The normalized spacial score (nSPS) is 14.3. The van der Waals surface area contributed by atoms with Gasteiger partial charge in [0.15, 0.2) is 0 Å². The number of nitrogens with one attached hydrogen (secondary N) is 2. The molecule has 0 aromatic carbocycles. The topological polar surface area (TPSA) is 113 Å². The number of piperazine rings is 1. The van der Waals surface area contributed by atoms with Crippen LogP contribution in [0.25, 0.3) is 11.1 Å². The van der Waals surface area contributed by atoms with Gasteiger partial charge >= 0.3 is 0 Å². The van der Waals surface area contributed by atoms with Crippen LogP contribution < -0.4 is 15.5 Å². The Morgan fingerprint density at radius 1 is 1.31 bits per heavy atom. The highest BCUT2D eigenvalue weighted by Gasteiger charge is 2.17. The molecule has 3 aromatic rings. The lowest BCUT2D eigenvalue weighted by Gasteiger charge is -2.27. The SMILES string of the molecule is Cc1noc2ncc(C(=O)Nc3ccc(N4CCNC(=O)C4)nc3)cc12. The molecule has 26 heavy (non-hydrogen) atoms. The summed E-state index contributed by atoms with van der Waals surface area (Å²) in [4.78, 5) is 34.2. The third kappa shape index (κ3) is 3.06. The molecule has 0 unspecified atom stereocenters. The Kier molecular flexibility index (Phi) is 3.96. The van der Waals surface area contributed by atoms with Crippen LogP contribution in [-0.4, -0.2) is 46.6 Å². The summed E-state index contributed by atoms with van der Waals surface area (Å²) in [6.07, 6.45) is 3.01. The van der Waals surface area contributed by atoms with Crippen LogP contribution in [0.1, 0.15) is 16.1 Å². The minimum Gasteiger partial charge on any atom is -0.353 e. The second kappa shape index (κ2) is 6.43. The number of pyridine rings is 2. The summed E-state index contributed by atoms with van der Waals surface area (Å²) in [6, 6.07) is 5.22. The van der Waals surface area contributed by atoms with Gasteiger partial charge in [-0.2, -0.15) is 0 Å². The molecule has 2 amide bonds. The standard InChI is InChI=1S/C17H16N6O3/c1-10-13-6-11(7-20-17(13)26-22-10)16(25)21-12-2-3-14(19-8-12)23-5-4-18-15(24)9-23/h2-3,6-8H,4-5,9H2,1H3,(H,18,24)(H,21,25). The predicted molar refractivity (Wildman–Crippen MR) is 94.0 cm³/mol. The van der Waals surface area contributed by atoms with Gasteiger partial charge in [-0.15, -0.1) is 0 Å². The summed E-state index contributed by atoms with van der Waals surface area (Å²) in [5.41, 5.74) is 2.04. The number of rotatable bonds is 3. The first-order valence-corrected chi connectivity index (χ1v) is 8.11. The van der Waals surface area contributed by atoms with Crippen molar-refractivity contribution >= 4 is 34.4 Å². The van der Waals surface area contributed by atoms with E-state index < -0.39 is 0 Å². The number of nitrogens with zero attached hydrogens (tertiary/aromatic N) is 4. The fraction of sp³-hybridized carbons (Fsp3) is 0.235. The molecule has 132 valence electrons. The van der Waals surface area contributed by atoms with Crippen LogP contribution in [-0.2, 0) is 4.79 Å². The van der Waals surface area contributed by atoms with Gasteiger partial charge in [0.25, 0.3) is 11.6 Å². The average Bonchev–Trinajstić information content (AvgIpc) is 3.03. The highest BCUT2D eigenvalue weighted by Crippen LogP contribution is 2.19. The first-order chi connectivity index (χ1) is 12.6. The quantitative estimate of drug-likeness (QED) is 0.726. The van der Waals surface area contributed by atoms with Crippen molar-refractivity contribution < 1.29 is 14.1 Å². The van der Waals surface area contributed by atoms with Crippen LogP contribution in [0.15, 0.2) is 35.1 Å². The summed E-state index contributed by atoms with van der Waals surface area (Å²) in [5, 5.41) is 10.1. The summed E-state index contributed by atoms with van der Waals surface area (Å²) < 4.78 is 5.04. The van der Waals surface area contributed by atoms with Gasteiger partial charge in [0.1, 0.15) is 5.82 Å². The number of fused-ring (bicyclic) bond motifs is 1. The number of hydrogen-bond acceptors (Lipinski definition) is 7. The van der Waals surface area contributed by atoms with E-state index in [9.17, 15) is 9.59 Å². The van der Waals surface area contributed by atoms with Gasteiger partial charge < -0.3 is 20.1 Å². The second-order valence-corrected chi connectivity index (χ2v) is 5.98. The van der Waals surface area contributed by atoms with Crippen molar-refractivity contribution in [2.24, 2.45) is 0 Å². The lowest BCUT2D eigenvalue weighted by atomic mass is 10.2. The fourth-order valence-corrected chi connectivity index (χ4v) is 2.75. The predicted octanol–water partition coefficient (Wildman–Crippen LogP) is 1.11. The molecule has 9 heteroatoms. The number of aromatic nitrogens is 3. The smallest absolute Gasteiger partial charge is 0.257 e. The molecule has 9 nitrogen and oxygen atoms in total. The lowest BCUT2D eigenvalue weighted by Crippen LogP contribution is -2.48. The molecule has 0 saturated carbocycles. The van der Waals surface area contributed by atoms with Crippen LogP contribution in [0.5, 0.6) is 0 Å². The summed E-state index contributed by atoms with van der Waals surface area (Å²) >= 11 is 0. The van der Waals surface area contributed by atoms with E-state index in [1.165, 1.54) is 6.20 Å². The zero-order chi connectivity index (χ0) is 18.1. The molecule has 0 spiro atoms.